The lowest BCUT2D eigenvalue weighted by Crippen LogP contribution is -2.27. The van der Waals surface area contributed by atoms with Crippen molar-refractivity contribution in [2.45, 2.75) is 19.6 Å². The van der Waals surface area contributed by atoms with E-state index in [2.05, 4.69) is 51.5 Å². The lowest BCUT2D eigenvalue weighted by molar-refractivity contribution is -0.189. The van der Waals surface area contributed by atoms with Crippen LogP contribution in [-0.2, 0) is 11.3 Å². The number of halogens is 3. The van der Waals surface area contributed by atoms with Gasteiger partial charge in [-0.3, -0.25) is 4.98 Å². The van der Waals surface area contributed by atoms with Gasteiger partial charge in [-0.15, -0.1) is 11.3 Å². The SMILES string of the molecule is CCNCc1ccc(-c2cc3nccc(Nc4cccc(OC(=O)C(F)(F)F)c4)c3s2)cc1. The smallest absolute Gasteiger partial charge is 0.420 e. The van der Waals surface area contributed by atoms with Crippen molar-refractivity contribution in [3.8, 4) is 16.2 Å². The number of fused-ring (bicyclic) bond motifs is 1. The van der Waals surface area contributed by atoms with Crippen LogP contribution in [0.5, 0.6) is 5.75 Å². The highest BCUT2D eigenvalue weighted by atomic mass is 32.1. The van der Waals surface area contributed by atoms with E-state index >= 15 is 0 Å². The number of hydrogen-bond donors (Lipinski definition) is 2. The van der Waals surface area contributed by atoms with Gasteiger partial charge >= 0.3 is 12.1 Å². The van der Waals surface area contributed by atoms with Gasteiger partial charge in [-0.1, -0.05) is 37.3 Å². The van der Waals surface area contributed by atoms with Crippen LogP contribution in [0.25, 0.3) is 20.7 Å². The predicted octanol–water partition coefficient (Wildman–Crippen LogP) is 6.28. The van der Waals surface area contributed by atoms with Gasteiger partial charge in [-0.2, -0.15) is 13.2 Å². The Morgan fingerprint density at radius 2 is 1.88 bits per heavy atom. The maximum Gasteiger partial charge on any atom is 0.491 e. The first-order chi connectivity index (χ1) is 15.8. The van der Waals surface area contributed by atoms with Crippen LogP contribution < -0.4 is 15.4 Å². The van der Waals surface area contributed by atoms with Gasteiger partial charge in [0, 0.05) is 29.4 Å². The van der Waals surface area contributed by atoms with Crippen LogP contribution >= 0.6 is 11.3 Å². The number of benzene rings is 2. The standard InChI is InChI=1S/C24H20F3N3O2S/c1-2-28-14-15-6-8-16(9-7-15)21-13-20-22(33-21)19(10-11-29-20)30-17-4-3-5-18(12-17)32-23(31)24(25,26)27/h3-13,28H,2,14H2,1H3,(H,29,30). The Morgan fingerprint density at radius 1 is 1.09 bits per heavy atom. The van der Waals surface area contributed by atoms with Crippen LogP contribution in [0.2, 0.25) is 0 Å². The Hall–Kier alpha value is -3.43. The van der Waals surface area contributed by atoms with Gasteiger partial charge in [-0.25, -0.2) is 4.79 Å². The third-order valence-electron chi connectivity index (χ3n) is 4.78. The third kappa shape index (κ3) is 5.50. The van der Waals surface area contributed by atoms with Crippen molar-refractivity contribution >= 4 is 38.9 Å². The molecule has 2 aromatic heterocycles. The zero-order valence-corrected chi connectivity index (χ0v) is 18.4. The normalized spacial score (nSPS) is 11.5. The molecule has 0 atom stereocenters. The Kier molecular flexibility index (Phi) is 6.62. The summed E-state index contributed by atoms with van der Waals surface area (Å²) in [6, 6.07) is 17.9. The quantitative estimate of drug-likeness (QED) is 0.245. The summed E-state index contributed by atoms with van der Waals surface area (Å²) in [4.78, 5) is 16.6. The Bertz CT molecular complexity index is 1270. The number of carbonyl (C=O) groups is 1. The molecule has 5 nitrogen and oxygen atoms in total. The summed E-state index contributed by atoms with van der Waals surface area (Å²) < 4.78 is 42.8. The van der Waals surface area contributed by atoms with Crippen molar-refractivity contribution in [3.63, 3.8) is 0 Å². The van der Waals surface area contributed by atoms with E-state index in [9.17, 15) is 18.0 Å². The second-order valence-electron chi connectivity index (χ2n) is 7.20. The van der Waals surface area contributed by atoms with Crippen LogP contribution in [0.1, 0.15) is 12.5 Å². The van der Waals surface area contributed by atoms with E-state index in [1.807, 2.05) is 6.07 Å². The number of thiophene rings is 1. The molecule has 0 spiro atoms. The lowest BCUT2D eigenvalue weighted by atomic mass is 10.1. The molecule has 2 aromatic carbocycles. The molecule has 2 heterocycles. The lowest BCUT2D eigenvalue weighted by Gasteiger charge is -2.10. The maximum atomic E-state index is 12.5. The molecule has 0 aliphatic carbocycles. The number of pyridine rings is 1. The first-order valence-corrected chi connectivity index (χ1v) is 11.0. The summed E-state index contributed by atoms with van der Waals surface area (Å²) in [5.41, 5.74) is 4.31. The van der Waals surface area contributed by atoms with E-state index in [0.717, 1.165) is 39.4 Å². The molecule has 0 fully saturated rings. The summed E-state index contributed by atoms with van der Waals surface area (Å²) >= 11 is 1.56. The minimum Gasteiger partial charge on any atom is -0.420 e. The van der Waals surface area contributed by atoms with Gasteiger partial charge in [0.05, 0.1) is 15.9 Å². The van der Waals surface area contributed by atoms with Crippen molar-refractivity contribution in [2.24, 2.45) is 0 Å². The minimum atomic E-state index is -5.06. The molecule has 0 saturated heterocycles. The minimum absolute atomic E-state index is 0.197. The van der Waals surface area contributed by atoms with Crippen LogP contribution in [0.15, 0.2) is 66.9 Å². The fourth-order valence-corrected chi connectivity index (χ4v) is 4.28. The first kappa shape index (κ1) is 22.8. The van der Waals surface area contributed by atoms with Gasteiger partial charge in [0.25, 0.3) is 0 Å². The summed E-state index contributed by atoms with van der Waals surface area (Å²) in [7, 11) is 0. The first-order valence-electron chi connectivity index (χ1n) is 10.2. The van der Waals surface area contributed by atoms with Crippen LogP contribution in [0, 0.1) is 0 Å². The molecule has 4 aromatic rings. The van der Waals surface area contributed by atoms with Crippen molar-refractivity contribution in [1.29, 1.82) is 0 Å². The number of nitrogens with one attached hydrogen (secondary N) is 2. The van der Waals surface area contributed by atoms with Crippen LogP contribution in [0.3, 0.4) is 0 Å². The number of ether oxygens (including phenoxy) is 1. The van der Waals surface area contributed by atoms with Crippen molar-refractivity contribution in [2.75, 3.05) is 11.9 Å². The van der Waals surface area contributed by atoms with Gasteiger partial charge in [-0.05, 0) is 41.9 Å². The number of alkyl halides is 3. The second-order valence-corrected chi connectivity index (χ2v) is 8.25. The molecule has 0 aliphatic rings. The number of rotatable bonds is 7. The predicted molar refractivity (Wildman–Crippen MR) is 124 cm³/mol. The number of hydrogen-bond acceptors (Lipinski definition) is 6. The maximum absolute atomic E-state index is 12.5. The van der Waals surface area contributed by atoms with Crippen molar-refractivity contribution in [1.82, 2.24) is 10.3 Å². The number of aromatic nitrogens is 1. The summed E-state index contributed by atoms with van der Waals surface area (Å²) in [5.74, 6) is -2.46. The molecule has 2 N–H and O–H groups in total. The zero-order chi connectivity index (χ0) is 23.4. The molecule has 9 heteroatoms. The number of carbonyl (C=O) groups excluding carboxylic acids is 1. The highest BCUT2D eigenvalue weighted by Gasteiger charge is 2.41. The van der Waals surface area contributed by atoms with Crippen LogP contribution in [-0.4, -0.2) is 23.7 Å². The topological polar surface area (TPSA) is 63.3 Å². The summed E-state index contributed by atoms with van der Waals surface area (Å²) in [6.45, 7) is 3.79. The molecular weight excluding hydrogens is 451 g/mol. The van der Waals surface area contributed by atoms with Crippen molar-refractivity contribution < 1.29 is 22.7 Å². The molecular formula is C24H20F3N3O2S. The Balaban J connectivity index is 1.57. The van der Waals surface area contributed by atoms with Gasteiger partial charge in [0.15, 0.2) is 0 Å². The summed E-state index contributed by atoms with van der Waals surface area (Å²) in [5, 5.41) is 6.48. The van der Waals surface area contributed by atoms with Gasteiger partial charge in [0.1, 0.15) is 5.75 Å². The monoisotopic (exact) mass is 471 g/mol. The molecule has 0 amide bonds. The largest absolute Gasteiger partial charge is 0.491 e. The number of esters is 1. The molecule has 0 saturated carbocycles. The molecule has 0 bridgehead atoms. The molecule has 33 heavy (non-hydrogen) atoms. The zero-order valence-electron chi connectivity index (χ0n) is 17.6. The third-order valence-corrected chi connectivity index (χ3v) is 5.99. The number of nitrogens with zero attached hydrogens (tertiary/aromatic N) is 1. The van der Waals surface area contributed by atoms with Gasteiger partial charge < -0.3 is 15.4 Å². The highest BCUT2D eigenvalue weighted by Crippen LogP contribution is 2.38. The molecule has 0 unspecified atom stereocenters. The van der Waals surface area contributed by atoms with E-state index < -0.39 is 12.1 Å². The second kappa shape index (κ2) is 9.60. The highest BCUT2D eigenvalue weighted by molar-refractivity contribution is 7.22. The fraction of sp³-hybridized carbons (Fsp3) is 0.167. The van der Waals surface area contributed by atoms with Crippen molar-refractivity contribution in [3.05, 3.63) is 72.4 Å². The van der Waals surface area contributed by atoms with E-state index in [1.165, 1.54) is 23.8 Å². The molecule has 170 valence electrons. The van der Waals surface area contributed by atoms with Crippen LogP contribution in [0.4, 0.5) is 24.5 Å². The fourth-order valence-electron chi connectivity index (χ4n) is 3.19. The molecule has 4 rings (SSSR count). The average Bonchev–Trinajstić information content (AvgIpc) is 3.23. The van der Waals surface area contributed by atoms with Gasteiger partial charge in [0.2, 0.25) is 0 Å². The molecule has 0 aliphatic heterocycles. The van der Waals surface area contributed by atoms with E-state index in [1.54, 1.807) is 29.7 Å². The average molecular weight is 472 g/mol. The Labute approximate surface area is 192 Å². The Morgan fingerprint density at radius 3 is 2.61 bits per heavy atom. The summed E-state index contributed by atoms with van der Waals surface area (Å²) in [6.07, 6.45) is -3.40. The number of anilines is 2. The molecule has 0 radical (unpaired) electrons. The van der Waals surface area contributed by atoms with E-state index in [0.29, 0.717) is 5.69 Å². The van der Waals surface area contributed by atoms with E-state index in [4.69, 9.17) is 0 Å². The van der Waals surface area contributed by atoms with E-state index in [-0.39, 0.29) is 5.75 Å².